The maximum atomic E-state index is 3.89. The van der Waals surface area contributed by atoms with Crippen LogP contribution in [0.1, 0.15) is 38.5 Å². The molecule has 0 aromatic heterocycles. The first-order chi connectivity index (χ1) is 8.22. The van der Waals surface area contributed by atoms with Crippen molar-refractivity contribution in [2.24, 2.45) is 23.7 Å². The zero-order chi connectivity index (χ0) is 11.8. The molecule has 1 N–H and O–H groups in total. The van der Waals surface area contributed by atoms with E-state index >= 15 is 0 Å². The first kappa shape index (κ1) is 12.0. The van der Waals surface area contributed by atoms with Gasteiger partial charge in [0.05, 0.1) is 0 Å². The van der Waals surface area contributed by atoms with Crippen molar-refractivity contribution >= 4 is 0 Å². The van der Waals surface area contributed by atoms with Gasteiger partial charge in [0, 0.05) is 6.04 Å². The van der Waals surface area contributed by atoms with Crippen LogP contribution in [0, 0.1) is 23.7 Å². The molecule has 4 saturated carbocycles. The SMILES string of the molecule is CN(C)CCCNC1C2CC3CC(C2)CC1C3. The van der Waals surface area contributed by atoms with E-state index in [9.17, 15) is 0 Å². The summed E-state index contributed by atoms with van der Waals surface area (Å²) in [6.45, 7) is 2.45. The molecule has 17 heavy (non-hydrogen) atoms. The van der Waals surface area contributed by atoms with Gasteiger partial charge in [-0.3, -0.25) is 0 Å². The van der Waals surface area contributed by atoms with E-state index in [1.165, 1.54) is 19.5 Å². The lowest BCUT2D eigenvalue weighted by atomic mass is 9.54. The molecule has 0 saturated heterocycles. The lowest BCUT2D eigenvalue weighted by Crippen LogP contribution is -2.54. The topological polar surface area (TPSA) is 15.3 Å². The van der Waals surface area contributed by atoms with Crippen molar-refractivity contribution in [1.82, 2.24) is 10.2 Å². The highest BCUT2D eigenvalue weighted by atomic mass is 15.1. The molecule has 4 fully saturated rings. The fourth-order valence-electron chi connectivity index (χ4n) is 4.92. The molecule has 4 rings (SSSR count). The molecule has 0 amide bonds. The Hall–Kier alpha value is -0.0800. The maximum Gasteiger partial charge on any atom is 0.0124 e. The number of nitrogens with one attached hydrogen (secondary N) is 1. The Morgan fingerprint density at radius 1 is 0.941 bits per heavy atom. The highest BCUT2D eigenvalue weighted by Crippen LogP contribution is 2.53. The lowest BCUT2D eigenvalue weighted by molar-refractivity contribution is -0.0136. The van der Waals surface area contributed by atoms with Crippen molar-refractivity contribution < 1.29 is 0 Å². The predicted molar refractivity (Wildman–Crippen MR) is 72.0 cm³/mol. The van der Waals surface area contributed by atoms with Gasteiger partial charge in [-0.2, -0.15) is 0 Å². The summed E-state index contributed by atoms with van der Waals surface area (Å²) in [6.07, 6.45) is 9.03. The van der Waals surface area contributed by atoms with Gasteiger partial charge < -0.3 is 10.2 Å². The summed E-state index contributed by atoms with van der Waals surface area (Å²) in [7, 11) is 4.34. The van der Waals surface area contributed by atoms with Crippen LogP contribution in [0.3, 0.4) is 0 Å². The Morgan fingerprint density at radius 3 is 2.06 bits per heavy atom. The Balaban J connectivity index is 1.47. The molecule has 2 heteroatoms. The quantitative estimate of drug-likeness (QED) is 0.737. The van der Waals surface area contributed by atoms with E-state index in [1.54, 1.807) is 32.1 Å². The second-order valence-corrected chi connectivity index (χ2v) is 7.07. The average molecular weight is 236 g/mol. The van der Waals surface area contributed by atoms with Crippen molar-refractivity contribution in [3.05, 3.63) is 0 Å². The van der Waals surface area contributed by atoms with Gasteiger partial charge in [0.1, 0.15) is 0 Å². The van der Waals surface area contributed by atoms with Gasteiger partial charge in [0.2, 0.25) is 0 Å². The fourth-order valence-corrected chi connectivity index (χ4v) is 4.92. The van der Waals surface area contributed by atoms with Gasteiger partial charge in [0.25, 0.3) is 0 Å². The highest BCUT2D eigenvalue weighted by molar-refractivity contribution is 5.01. The maximum absolute atomic E-state index is 3.89. The molecule has 98 valence electrons. The van der Waals surface area contributed by atoms with E-state index < -0.39 is 0 Å². The van der Waals surface area contributed by atoms with Crippen LogP contribution in [0.4, 0.5) is 0 Å². The van der Waals surface area contributed by atoms with Gasteiger partial charge in [-0.05, 0) is 89.4 Å². The Bertz CT molecular complexity index is 234. The summed E-state index contributed by atoms with van der Waals surface area (Å²) in [4.78, 5) is 2.29. The van der Waals surface area contributed by atoms with Gasteiger partial charge in [-0.15, -0.1) is 0 Å². The van der Waals surface area contributed by atoms with E-state index in [4.69, 9.17) is 0 Å². The smallest absolute Gasteiger partial charge is 0.0124 e. The standard InChI is InChI=1S/C15H28N2/c1-17(2)5-3-4-16-15-13-7-11-6-12(9-13)10-14(15)8-11/h11-16H,3-10H2,1-2H3. The van der Waals surface area contributed by atoms with E-state index in [0.29, 0.717) is 0 Å². The van der Waals surface area contributed by atoms with Crippen molar-refractivity contribution in [3.8, 4) is 0 Å². The van der Waals surface area contributed by atoms with Crippen LogP contribution < -0.4 is 5.32 Å². The largest absolute Gasteiger partial charge is 0.313 e. The summed E-state index contributed by atoms with van der Waals surface area (Å²) < 4.78 is 0. The monoisotopic (exact) mass is 236 g/mol. The molecule has 4 aliphatic rings. The highest BCUT2D eigenvalue weighted by Gasteiger charge is 2.47. The zero-order valence-corrected chi connectivity index (χ0v) is 11.5. The molecule has 0 radical (unpaired) electrons. The summed E-state index contributed by atoms with van der Waals surface area (Å²) >= 11 is 0. The average Bonchev–Trinajstić information content (AvgIpc) is 2.25. The van der Waals surface area contributed by atoms with Crippen LogP contribution in [0.2, 0.25) is 0 Å². The normalized spacial score (nSPS) is 43.6. The number of rotatable bonds is 5. The number of hydrogen-bond acceptors (Lipinski definition) is 2. The van der Waals surface area contributed by atoms with Gasteiger partial charge >= 0.3 is 0 Å². The summed E-state index contributed by atoms with van der Waals surface area (Å²) in [5.74, 6) is 4.28. The first-order valence-electron chi connectivity index (χ1n) is 7.60. The van der Waals surface area contributed by atoms with Crippen molar-refractivity contribution in [1.29, 1.82) is 0 Å². The minimum absolute atomic E-state index is 0.880. The third-order valence-corrected chi connectivity index (χ3v) is 5.39. The van der Waals surface area contributed by atoms with E-state index in [0.717, 1.165) is 29.7 Å². The minimum atomic E-state index is 0.880. The van der Waals surface area contributed by atoms with Crippen LogP contribution in [-0.4, -0.2) is 38.1 Å². The van der Waals surface area contributed by atoms with Gasteiger partial charge in [-0.1, -0.05) is 0 Å². The van der Waals surface area contributed by atoms with Crippen LogP contribution in [-0.2, 0) is 0 Å². The summed E-state index contributed by atoms with van der Waals surface area (Å²) in [5, 5.41) is 3.89. The fraction of sp³-hybridized carbons (Fsp3) is 1.00. The summed E-state index contributed by atoms with van der Waals surface area (Å²) in [6, 6.07) is 0.880. The Kier molecular flexibility index (Phi) is 3.45. The molecule has 4 aliphatic carbocycles. The van der Waals surface area contributed by atoms with Crippen molar-refractivity contribution in [2.45, 2.75) is 44.6 Å². The van der Waals surface area contributed by atoms with Crippen molar-refractivity contribution in [3.63, 3.8) is 0 Å². The molecular weight excluding hydrogens is 208 g/mol. The Labute approximate surface area is 106 Å². The second-order valence-electron chi connectivity index (χ2n) is 7.07. The third kappa shape index (κ3) is 2.53. The van der Waals surface area contributed by atoms with Crippen molar-refractivity contribution in [2.75, 3.05) is 27.2 Å². The van der Waals surface area contributed by atoms with Gasteiger partial charge in [-0.25, -0.2) is 0 Å². The predicted octanol–water partition coefficient (Wildman–Crippen LogP) is 2.35. The number of nitrogens with zero attached hydrogens (tertiary/aromatic N) is 1. The lowest BCUT2D eigenvalue weighted by Gasteiger charge is -2.54. The van der Waals surface area contributed by atoms with Crippen LogP contribution in [0.25, 0.3) is 0 Å². The zero-order valence-electron chi connectivity index (χ0n) is 11.5. The Morgan fingerprint density at radius 2 is 1.53 bits per heavy atom. The van der Waals surface area contributed by atoms with Gasteiger partial charge in [0.15, 0.2) is 0 Å². The van der Waals surface area contributed by atoms with E-state index in [1.807, 2.05) is 0 Å². The molecule has 0 aromatic carbocycles. The molecule has 4 bridgehead atoms. The molecule has 2 nitrogen and oxygen atoms in total. The van der Waals surface area contributed by atoms with Crippen LogP contribution in [0.5, 0.6) is 0 Å². The molecule has 0 atom stereocenters. The van der Waals surface area contributed by atoms with E-state index in [2.05, 4.69) is 24.3 Å². The molecule has 0 spiro atoms. The molecule has 0 aliphatic heterocycles. The second kappa shape index (κ2) is 4.89. The van der Waals surface area contributed by atoms with E-state index in [-0.39, 0.29) is 0 Å². The first-order valence-corrected chi connectivity index (χ1v) is 7.60. The number of hydrogen-bond donors (Lipinski definition) is 1. The summed E-state index contributed by atoms with van der Waals surface area (Å²) in [5.41, 5.74) is 0. The minimum Gasteiger partial charge on any atom is -0.313 e. The third-order valence-electron chi connectivity index (χ3n) is 5.39. The molecule has 0 aromatic rings. The molecule has 0 heterocycles. The molecule has 0 unspecified atom stereocenters. The molecular formula is C15H28N2. The van der Waals surface area contributed by atoms with Crippen LogP contribution in [0.15, 0.2) is 0 Å². The van der Waals surface area contributed by atoms with Crippen LogP contribution >= 0.6 is 0 Å².